The van der Waals surface area contributed by atoms with Crippen molar-refractivity contribution in [3.05, 3.63) is 89.6 Å². The number of phenolic OH excluding ortho intramolecular Hbond substituents is 1. The molecule has 152 valence electrons. The van der Waals surface area contributed by atoms with E-state index < -0.39 is 6.04 Å². The van der Waals surface area contributed by atoms with Crippen LogP contribution in [0.2, 0.25) is 0 Å². The number of aldehydes is 1. The highest BCUT2D eigenvalue weighted by Crippen LogP contribution is 2.48. The number of hydrogen-bond acceptors (Lipinski definition) is 6. The number of anilines is 1. The van der Waals surface area contributed by atoms with Crippen LogP contribution in [0.25, 0.3) is 33.6 Å². The van der Waals surface area contributed by atoms with Crippen molar-refractivity contribution in [1.82, 2.24) is 4.98 Å². The second kappa shape index (κ2) is 7.74. The van der Waals surface area contributed by atoms with Gasteiger partial charge < -0.3 is 20.3 Å². The number of pyridine rings is 1. The molecule has 1 unspecified atom stereocenters. The number of benzene rings is 2. The molecule has 0 bridgehead atoms. The van der Waals surface area contributed by atoms with Gasteiger partial charge in [0.1, 0.15) is 28.8 Å². The van der Waals surface area contributed by atoms with Gasteiger partial charge >= 0.3 is 0 Å². The summed E-state index contributed by atoms with van der Waals surface area (Å²) in [5, 5.41) is 27.8. The Hall–Kier alpha value is -3.90. The van der Waals surface area contributed by atoms with E-state index in [1.807, 2.05) is 60.0 Å². The molecule has 31 heavy (non-hydrogen) atoms. The smallest absolute Gasteiger partial charge is 0.146 e. The van der Waals surface area contributed by atoms with E-state index in [9.17, 15) is 15.0 Å². The number of carbonyl (C=O) groups is 1. The summed E-state index contributed by atoms with van der Waals surface area (Å²) in [7, 11) is 0. The van der Waals surface area contributed by atoms with Crippen molar-refractivity contribution >= 4 is 34.0 Å². The highest BCUT2D eigenvalue weighted by atomic mass is 32.1. The normalized spacial score (nSPS) is 15.3. The molecule has 3 heterocycles. The van der Waals surface area contributed by atoms with Gasteiger partial charge in [-0.2, -0.15) is 0 Å². The Balaban J connectivity index is 1.64. The molecule has 0 fully saturated rings. The average Bonchev–Trinajstić information content (AvgIpc) is 3.24. The van der Waals surface area contributed by atoms with Gasteiger partial charge in [0, 0.05) is 34.5 Å². The minimum absolute atomic E-state index is 0.0471. The van der Waals surface area contributed by atoms with Crippen molar-refractivity contribution in [1.29, 1.82) is 0 Å². The number of phenols is 1. The van der Waals surface area contributed by atoms with Crippen LogP contribution in [0.3, 0.4) is 0 Å². The molecule has 0 aliphatic carbocycles. The Bertz CT molecular complexity index is 1300. The van der Waals surface area contributed by atoms with E-state index in [1.165, 1.54) is 11.3 Å². The Kier molecular flexibility index (Phi) is 4.76. The molecule has 1 atom stereocenters. The maximum Gasteiger partial charge on any atom is 0.146 e. The van der Waals surface area contributed by atoms with Crippen LogP contribution in [-0.2, 0) is 4.79 Å². The van der Waals surface area contributed by atoms with Crippen LogP contribution in [0.1, 0.15) is 11.1 Å². The Labute approximate surface area is 183 Å². The van der Waals surface area contributed by atoms with Gasteiger partial charge in [0.15, 0.2) is 0 Å². The lowest BCUT2D eigenvalue weighted by Crippen LogP contribution is -2.27. The van der Waals surface area contributed by atoms with Gasteiger partial charge in [0.25, 0.3) is 0 Å². The summed E-state index contributed by atoms with van der Waals surface area (Å²) in [5.74, 6) is 0.160. The van der Waals surface area contributed by atoms with E-state index in [0.29, 0.717) is 27.3 Å². The van der Waals surface area contributed by atoms with Crippen molar-refractivity contribution < 1.29 is 15.0 Å². The maximum absolute atomic E-state index is 11.8. The zero-order valence-corrected chi connectivity index (χ0v) is 17.1. The fourth-order valence-corrected chi connectivity index (χ4v) is 4.91. The molecule has 3 N–H and O–H groups in total. The van der Waals surface area contributed by atoms with Crippen LogP contribution in [-0.4, -0.2) is 27.5 Å². The third-order valence-electron chi connectivity index (χ3n) is 5.40. The number of aromatic nitrogens is 1. The molecule has 0 saturated carbocycles. The number of aliphatic hydroxyl groups is 1. The van der Waals surface area contributed by atoms with Gasteiger partial charge in [0.2, 0.25) is 0 Å². The summed E-state index contributed by atoms with van der Waals surface area (Å²) >= 11 is 1.39. The number of fused-ring (bicyclic) bond motifs is 1. The average molecular weight is 426 g/mol. The standard InChI is InChI=1S/C25H18N2O3S/c28-13-20-22(16-4-2-1-3-5-16)24(30)23-19(14-31-25(23)27-20)18-7-6-17(12-21(18)29)15-8-10-26-11-9-15/h1-14,20,27,29-30H. The summed E-state index contributed by atoms with van der Waals surface area (Å²) < 4.78 is 0. The minimum atomic E-state index is -0.649. The van der Waals surface area contributed by atoms with E-state index in [4.69, 9.17) is 0 Å². The molecule has 0 amide bonds. The van der Waals surface area contributed by atoms with E-state index in [-0.39, 0.29) is 11.5 Å². The number of nitrogens with one attached hydrogen (secondary N) is 1. The minimum Gasteiger partial charge on any atom is -0.507 e. The van der Waals surface area contributed by atoms with E-state index in [2.05, 4.69) is 10.3 Å². The molecular formula is C25H18N2O3S. The number of rotatable bonds is 4. The molecule has 2 aromatic heterocycles. The molecule has 4 aromatic rings. The van der Waals surface area contributed by atoms with Crippen molar-refractivity contribution in [3.8, 4) is 28.0 Å². The lowest BCUT2D eigenvalue weighted by atomic mass is 9.90. The zero-order chi connectivity index (χ0) is 21.4. The van der Waals surface area contributed by atoms with Crippen molar-refractivity contribution in [2.45, 2.75) is 6.04 Å². The molecule has 0 saturated heterocycles. The lowest BCUT2D eigenvalue weighted by Gasteiger charge is -2.25. The van der Waals surface area contributed by atoms with Crippen LogP contribution in [0.5, 0.6) is 5.75 Å². The summed E-state index contributed by atoms with van der Waals surface area (Å²) in [6, 6.07) is 17.9. The summed E-state index contributed by atoms with van der Waals surface area (Å²) in [6.07, 6.45) is 4.21. The van der Waals surface area contributed by atoms with Crippen molar-refractivity contribution in [2.24, 2.45) is 0 Å². The lowest BCUT2D eigenvalue weighted by molar-refractivity contribution is -0.107. The van der Waals surface area contributed by atoms with Gasteiger partial charge in [-0.3, -0.25) is 4.98 Å². The zero-order valence-electron chi connectivity index (χ0n) is 16.3. The Morgan fingerprint density at radius 3 is 2.39 bits per heavy atom. The summed E-state index contributed by atoms with van der Waals surface area (Å²) in [6.45, 7) is 0. The highest BCUT2D eigenvalue weighted by Gasteiger charge is 2.31. The van der Waals surface area contributed by atoms with Crippen LogP contribution in [0.4, 0.5) is 5.00 Å². The molecular weight excluding hydrogens is 408 g/mol. The fourth-order valence-electron chi connectivity index (χ4n) is 3.91. The predicted molar refractivity (Wildman–Crippen MR) is 124 cm³/mol. The third kappa shape index (κ3) is 3.27. The van der Waals surface area contributed by atoms with Crippen molar-refractivity contribution in [2.75, 3.05) is 5.32 Å². The second-order valence-corrected chi connectivity index (χ2v) is 8.09. The van der Waals surface area contributed by atoms with Crippen LogP contribution in [0.15, 0.2) is 78.4 Å². The molecule has 0 spiro atoms. The number of carbonyl (C=O) groups excluding carboxylic acids is 1. The van der Waals surface area contributed by atoms with Crippen LogP contribution in [0, 0.1) is 0 Å². The van der Waals surface area contributed by atoms with E-state index >= 15 is 0 Å². The quantitative estimate of drug-likeness (QED) is 0.370. The highest BCUT2D eigenvalue weighted by molar-refractivity contribution is 7.15. The molecule has 1 aliphatic heterocycles. The molecule has 0 radical (unpaired) electrons. The van der Waals surface area contributed by atoms with Gasteiger partial charge in [-0.15, -0.1) is 11.3 Å². The first-order valence-electron chi connectivity index (χ1n) is 9.73. The first kappa shape index (κ1) is 19.1. The number of nitrogens with zero attached hydrogens (tertiary/aromatic N) is 1. The Morgan fingerprint density at radius 2 is 1.68 bits per heavy atom. The van der Waals surface area contributed by atoms with E-state index in [1.54, 1.807) is 18.5 Å². The second-order valence-electron chi connectivity index (χ2n) is 7.21. The van der Waals surface area contributed by atoms with Gasteiger partial charge in [-0.05, 0) is 41.0 Å². The van der Waals surface area contributed by atoms with Gasteiger partial charge in [0.05, 0.1) is 5.56 Å². The molecule has 2 aromatic carbocycles. The summed E-state index contributed by atoms with van der Waals surface area (Å²) in [4.78, 5) is 15.8. The fraction of sp³-hybridized carbons (Fsp3) is 0.0400. The molecule has 1 aliphatic rings. The van der Waals surface area contributed by atoms with Crippen molar-refractivity contribution in [3.63, 3.8) is 0 Å². The topological polar surface area (TPSA) is 82.5 Å². The number of aromatic hydroxyl groups is 1. The number of aliphatic hydroxyl groups excluding tert-OH is 1. The first-order valence-corrected chi connectivity index (χ1v) is 10.6. The SMILES string of the molecule is O=CC1Nc2scc(-c3ccc(-c4ccncc4)cc3O)c2C(O)=C1c1ccccc1. The van der Waals surface area contributed by atoms with Crippen LogP contribution >= 0.6 is 11.3 Å². The van der Waals surface area contributed by atoms with E-state index in [0.717, 1.165) is 23.0 Å². The van der Waals surface area contributed by atoms with Gasteiger partial charge in [-0.1, -0.05) is 36.4 Å². The largest absolute Gasteiger partial charge is 0.507 e. The first-order chi connectivity index (χ1) is 15.2. The van der Waals surface area contributed by atoms with Crippen LogP contribution < -0.4 is 5.32 Å². The summed E-state index contributed by atoms with van der Waals surface area (Å²) in [5.41, 5.74) is 5.03. The monoisotopic (exact) mass is 426 g/mol. The predicted octanol–water partition coefficient (Wildman–Crippen LogP) is 5.60. The van der Waals surface area contributed by atoms with Gasteiger partial charge in [-0.25, -0.2) is 0 Å². The molecule has 5 nitrogen and oxygen atoms in total. The Morgan fingerprint density at radius 1 is 0.903 bits per heavy atom. The third-order valence-corrected chi connectivity index (χ3v) is 6.31. The maximum atomic E-state index is 11.8. The molecule has 5 rings (SSSR count). The number of hydrogen-bond donors (Lipinski definition) is 3. The number of thiophene rings is 1. The molecule has 6 heteroatoms.